The fraction of sp³-hybridized carbons (Fsp3) is 0.550. The van der Waals surface area contributed by atoms with Crippen LogP contribution in [0.15, 0.2) is 33.7 Å². The number of hydrogen-bond acceptors (Lipinski definition) is 5. The Bertz CT molecular complexity index is 1060. The van der Waals surface area contributed by atoms with Crippen molar-refractivity contribution in [2.75, 3.05) is 26.2 Å². The highest BCUT2D eigenvalue weighted by Crippen LogP contribution is 2.38. The Balaban J connectivity index is 1.76. The van der Waals surface area contributed by atoms with Crippen LogP contribution in [0.2, 0.25) is 0 Å². The Morgan fingerprint density at radius 2 is 1.42 bits per heavy atom. The van der Waals surface area contributed by atoms with Crippen molar-refractivity contribution in [1.29, 1.82) is 0 Å². The fourth-order valence-corrected chi connectivity index (χ4v) is 4.77. The summed E-state index contributed by atoms with van der Waals surface area (Å²) in [6.07, 6.45) is -8.65. The van der Waals surface area contributed by atoms with Gasteiger partial charge in [0.2, 0.25) is 15.9 Å². The van der Waals surface area contributed by atoms with E-state index in [9.17, 15) is 34.8 Å². The maximum atomic E-state index is 13.1. The summed E-state index contributed by atoms with van der Waals surface area (Å²) < 4.78 is 111. The van der Waals surface area contributed by atoms with E-state index in [-0.39, 0.29) is 49.8 Å². The molecule has 33 heavy (non-hydrogen) atoms. The van der Waals surface area contributed by atoms with Crippen LogP contribution in [0.3, 0.4) is 0 Å². The van der Waals surface area contributed by atoms with Crippen LogP contribution in [0.1, 0.15) is 43.5 Å². The minimum atomic E-state index is -5.13. The SMILES string of the molecule is CC(C)(C)c1cnc(CN2CCN(S(=O)(=O)c3cc(C(F)(F)F)cc(C(F)(F)F)c3)CC2)o1. The lowest BCUT2D eigenvalue weighted by Crippen LogP contribution is -2.48. The van der Waals surface area contributed by atoms with Gasteiger partial charge in [-0.25, -0.2) is 13.4 Å². The van der Waals surface area contributed by atoms with E-state index in [1.54, 1.807) is 6.20 Å². The zero-order valence-electron chi connectivity index (χ0n) is 18.1. The Labute approximate surface area is 187 Å². The molecule has 6 nitrogen and oxygen atoms in total. The third-order valence-electron chi connectivity index (χ3n) is 5.18. The third-order valence-corrected chi connectivity index (χ3v) is 7.06. The van der Waals surface area contributed by atoms with Crippen LogP contribution in [-0.4, -0.2) is 48.8 Å². The molecule has 1 aromatic heterocycles. The van der Waals surface area contributed by atoms with Crippen molar-refractivity contribution in [3.05, 3.63) is 47.2 Å². The number of alkyl halides is 6. The summed E-state index contributed by atoms with van der Waals surface area (Å²) in [6.45, 7) is 6.37. The van der Waals surface area contributed by atoms with Gasteiger partial charge in [-0.2, -0.15) is 30.6 Å². The van der Waals surface area contributed by atoms with Crippen molar-refractivity contribution < 1.29 is 39.2 Å². The van der Waals surface area contributed by atoms with Crippen LogP contribution in [0.5, 0.6) is 0 Å². The molecule has 0 radical (unpaired) electrons. The average molecular weight is 499 g/mol. The van der Waals surface area contributed by atoms with E-state index in [4.69, 9.17) is 4.42 Å². The molecular formula is C20H23F6N3O3S. The van der Waals surface area contributed by atoms with Crippen LogP contribution < -0.4 is 0 Å². The topological polar surface area (TPSA) is 66.7 Å². The number of benzene rings is 1. The number of hydrogen-bond donors (Lipinski definition) is 0. The molecule has 0 atom stereocenters. The van der Waals surface area contributed by atoms with E-state index in [1.165, 1.54) is 0 Å². The number of sulfonamides is 1. The molecule has 1 saturated heterocycles. The lowest BCUT2D eigenvalue weighted by Gasteiger charge is -2.33. The van der Waals surface area contributed by atoms with E-state index in [1.807, 2.05) is 25.7 Å². The van der Waals surface area contributed by atoms with Crippen LogP contribution in [0, 0.1) is 0 Å². The Hall–Kier alpha value is -2.12. The van der Waals surface area contributed by atoms with Gasteiger partial charge in [0.1, 0.15) is 5.76 Å². The van der Waals surface area contributed by atoms with Gasteiger partial charge in [-0.05, 0) is 18.2 Å². The Morgan fingerprint density at radius 3 is 1.85 bits per heavy atom. The summed E-state index contributed by atoms with van der Waals surface area (Å²) in [5.41, 5.74) is -3.58. The fourth-order valence-electron chi connectivity index (χ4n) is 3.27. The van der Waals surface area contributed by atoms with Gasteiger partial charge in [-0.1, -0.05) is 20.8 Å². The van der Waals surface area contributed by atoms with Gasteiger partial charge < -0.3 is 4.42 Å². The lowest BCUT2D eigenvalue weighted by atomic mass is 9.94. The summed E-state index contributed by atoms with van der Waals surface area (Å²) >= 11 is 0. The molecule has 0 bridgehead atoms. The summed E-state index contributed by atoms with van der Waals surface area (Å²) in [5.74, 6) is 1.12. The molecule has 1 aliphatic rings. The quantitative estimate of drug-likeness (QED) is 0.579. The van der Waals surface area contributed by atoms with Crippen molar-refractivity contribution in [3.8, 4) is 0 Å². The smallest absolute Gasteiger partial charge is 0.416 e. The molecule has 0 amide bonds. The van der Waals surface area contributed by atoms with Crippen LogP contribution >= 0.6 is 0 Å². The maximum absolute atomic E-state index is 13.1. The standard InChI is InChI=1S/C20H23F6N3O3S/c1-18(2,3)16-11-27-17(32-16)12-28-4-6-29(7-5-28)33(30,31)15-9-13(19(21,22)23)8-14(10-15)20(24,25)26/h8-11H,4-7,12H2,1-3H3. The maximum Gasteiger partial charge on any atom is 0.416 e. The summed E-state index contributed by atoms with van der Waals surface area (Å²) in [5, 5.41) is 0. The molecule has 0 unspecified atom stereocenters. The van der Waals surface area contributed by atoms with Gasteiger partial charge in [-0.3, -0.25) is 4.90 Å². The minimum absolute atomic E-state index is 0.0981. The number of rotatable bonds is 4. The molecule has 3 rings (SSSR count). The van der Waals surface area contributed by atoms with Crippen LogP contribution in [-0.2, 0) is 34.3 Å². The van der Waals surface area contributed by atoms with Gasteiger partial charge >= 0.3 is 12.4 Å². The van der Waals surface area contributed by atoms with Gasteiger partial charge in [0.05, 0.1) is 28.8 Å². The van der Waals surface area contributed by atoms with E-state index in [0.717, 1.165) is 4.31 Å². The first-order chi connectivity index (χ1) is 15.0. The molecule has 13 heteroatoms. The first kappa shape index (κ1) is 25.5. The van der Waals surface area contributed by atoms with Gasteiger partial charge in [-0.15, -0.1) is 0 Å². The number of aromatic nitrogens is 1. The second-order valence-electron chi connectivity index (χ2n) is 8.79. The van der Waals surface area contributed by atoms with E-state index in [0.29, 0.717) is 18.2 Å². The van der Waals surface area contributed by atoms with Crippen molar-refractivity contribution in [2.45, 2.75) is 50.0 Å². The van der Waals surface area contributed by atoms with Crippen LogP contribution in [0.4, 0.5) is 26.3 Å². The highest BCUT2D eigenvalue weighted by atomic mass is 32.2. The zero-order valence-corrected chi connectivity index (χ0v) is 18.9. The van der Waals surface area contributed by atoms with Crippen LogP contribution in [0.25, 0.3) is 0 Å². The van der Waals surface area contributed by atoms with Crippen molar-refractivity contribution in [2.24, 2.45) is 0 Å². The molecule has 0 aliphatic carbocycles. The molecule has 0 saturated carbocycles. The number of halogens is 6. The van der Waals surface area contributed by atoms with Gasteiger partial charge in [0.15, 0.2) is 0 Å². The normalized spacial score (nSPS) is 17.5. The van der Waals surface area contributed by atoms with Crippen molar-refractivity contribution in [1.82, 2.24) is 14.2 Å². The third kappa shape index (κ3) is 5.87. The van der Waals surface area contributed by atoms with Crippen molar-refractivity contribution in [3.63, 3.8) is 0 Å². The summed E-state index contributed by atoms with van der Waals surface area (Å²) in [7, 11) is -4.57. The Morgan fingerprint density at radius 1 is 0.909 bits per heavy atom. The first-order valence-electron chi connectivity index (χ1n) is 9.95. The highest BCUT2D eigenvalue weighted by molar-refractivity contribution is 7.89. The van der Waals surface area contributed by atoms with E-state index >= 15 is 0 Å². The van der Waals surface area contributed by atoms with Gasteiger partial charge in [0.25, 0.3) is 0 Å². The number of oxazole rings is 1. The molecule has 1 aromatic carbocycles. The molecule has 0 spiro atoms. The second kappa shape index (κ2) is 8.58. The minimum Gasteiger partial charge on any atom is -0.444 e. The average Bonchev–Trinajstić information content (AvgIpc) is 3.16. The lowest BCUT2D eigenvalue weighted by molar-refractivity contribution is -0.143. The molecular weight excluding hydrogens is 476 g/mol. The van der Waals surface area contributed by atoms with Crippen molar-refractivity contribution >= 4 is 10.0 Å². The molecule has 1 fully saturated rings. The molecule has 2 heterocycles. The van der Waals surface area contributed by atoms with E-state index < -0.39 is 38.4 Å². The molecule has 0 N–H and O–H groups in total. The largest absolute Gasteiger partial charge is 0.444 e. The molecule has 2 aromatic rings. The first-order valence-corrected chi connectivity index (χ1v) is 11.4. The predicted molar refractivity (Wildman–Crippen MR) is 106 cm³/mol. The highest BCUT2D eigenvalue weighted by Gasteiger charge is 2.39. The van der Waals surface area contributed by atoms with Gasteiger partial charge in [0, 0.05) is 31.6 Å². The summed E-state index contributed by atoms with van der Waals surface area (Å²) in [4.78, 5) is 5.01. The number of nitrogens with zero attached hydrogens (tertiary/aromatic N) is 3. The second-order valence-corrected chi connectivity index (χ2v) is 10.7. The number of piperazine rings is 1. The molecule has 184 valence electrons. The zero-order chi connectivity index (χ0) is 24.8. The summed E-state index contributed by atoms with van der Waals surface area (Å²) in [6, 6.07) is 0.370. The monoisotopic (exact) mass is 499 g/mol. The predicted octanol–water partition coefficient (Wildman–Crippen LogP) is 4.52. The molecule has 1 aliphatic heterocycles. The Kier molecular flexibility index (Phi) is 6.63. The van der Waals surface area contributed by atoms with E-state index in [2.05, 4.69) is 4.98 Å².